The van der Waals surface area contributed by atoms with Crippen LogP contribution in [0.15, 0.2) is 9.98 Å². The minimum absolute atomic E-state index is 0.100. The van der Waals surface area contributed by atoms with Gasteiger partial charge in [0.1, 0.15) is 47.8 Å². The molecule has 2 saturated heterocycles. The first-order chi connectivity index (χ1) is 19.8. The fourth-order valence-corrected chi connectivity index (χ4v) is 5.58. The van der Waals surface area contributed by atoms with Gasteiger partial charge in [-0.05, 0) is 46.2 Å². The topological polar surface area (TPSA) is 311 Å². The molecule has 2 aliphatic heterocycles. The Balaban J connectivity index is 1.83. The largest absolute Gasteiger partial charge is 0.388 e. The number of hydrogen-bond donors (Lipinski definition) is 11. The van der Waals surface area contributed by atoms with Crippen molar-refractivity contribution in [3.63, 3.8) is 0 Å². The van der Waals surface area contributed by atoms with Gasteiger partial charge in [-0.2, -0.15) is 0 Å². The van der Waals surface area contributed by atoms with Crippen molar-refractivity contribution in [3.8, 4) is 0 Å². The van der Waals surface area contributed by atoms with Crippen molar-refractivity contribution in [2.75, 3.05) is 33.3 Å². The van der Waals surface area contributed by atoms with Gasteiger partial charge < -0.3 is 79.1 Å². The van der Waals surface area contributed by atoms with Crippen molar-refractivity contribution in [1.29, 1.82) is 0 Å². The maximum absolute atomic E-state index is 11.6. The van der Waals surface area contributed by atoms with Crippen molar-refractivity contribution in [2.45, 2.75) is 112 Å². The number of nitrogens with one attached hydrogen (secondary N) is 1. The molecule has 0 amide bonds. The van der Waals surface area contributed by atoms with E-state index in [-0.39, 0.29) is 51.0 Å². The second-order valence-electron chi connectivity index (χ2n) is 11.5. The smallest absolute Gasteiger partial charge is 0.185 e. The average Bonchev–Trinajstić information content (AvgIpc) is 2.94. The minimum Gasteiger partial charge on any atom is -0.388 e. The minimum atomic E-state index is -1.41. The van der Waals surface area contributed by atoms with E-state index < -0.39 is 72.9 Å². The van der Waals surface area contributed by atoms with E-state index in [4.69, 9.17) is 53.3 Å². The van der Waals surface area contributed by atoms with E-state index >= 15 is 0 Å². The molecule has 0 radical (unpaired) electrons. The summed E-state index contributed by atoms with van der Waals surface area (Å²) in [7, 11) is 1.59. The zero-order valence-corrected chi connectivity index (χ0v) is 24.4. The van der Waals surface area contributed by atoms with Gasteiger partial charge in [-0.25, -0.2) is 0 Å². The van der Waals surface area contributed by atoms with Crippen molar-refractivity contribution in [2.24, 2.45) is 44.4 Å². The van der Waals surface area contributed by atoms with Crippen molar-refractivity contribution in [1.82, 2.24) is 5.32 Å². The Morgan fingerprint density at radius 1 is 1.07 bits per heavy atom. The van der Waals surface area contributed by atoms with Crippen LogP contribution in [0.5, 0.6) is 0 Å². The number of rotatable bonds is 12. The molecule has 13 unspecified atom stereocenters. The summed E-state index contributed by atoms with van der Waals surface area (Å²) in [5, 5.41) is 46.4. The van der Waals surface area contributed by atoms with Crippen molar-refractivity contribution >= 4 is 11.7 Å². The molecule has 0 aromatic rings. The lowest BCUT2D eigenvalue weighted by molar-refractivity contribution is -0.306. The lowest BCUT2D eigenvalue weighted by atomic mass is 9.83. The number of nitrogens with zero attached hydrogens (tertiary/aromatic N) is 2. The zero-order valence-electron chi connectivity index (χ0n) is 24.4. The van der Waals surface area contributed by atoms with E-state index in [0.717, 1.165) is 0 Å². The lowest BCUT2D eigenvalue weighted by Gasteiger charge is -2.48. The molecule has 1 saturated carbocycles. The summed E-state index contributed by atoms with van der Waals surface area (Å²) in [5.41, 5.74) is 34.2. The molecule has 42 heavy (non-hydrogen) atoms. The number of aliphatic imine (C=N–C) groups is 2. The van der Waals surface area contributed by atoms with Gasteiger partial charge in [0.25, 0.3) is 0 Å². The molecule has 3 aliphatic rings. The second kappa shape index (κ2) is 15.4. The van der Waals surface area contributed by atoms with Gasteiger partial charge in [0, 0.05) is 6.04 Å². The predicted octanol–water partition coefficient (Wildman–Crippen LogP) is -5.51. The van der Waals surface area contributed by atoms with Crippen LogP contribution in [0.4, 0.5) is 0 Å². The number of ether oxygens (including phenoxy) is 4. The maximum atomic E-state index is 11.6. The van der Waals surface area contributed by atoms with Crippen LogP contribution in [-0.2, 0) is 18.9 Å². The van der Waals surface area contributed by atoms with Crippen LogP contribution < -0.4 is 39.7 Å². The highest BCUT2D eigenvalue weighted by Gasteiger charge is 2.51. The number of likely N-dealkylation sites (N-methyl/N-ethyl adjacent to an activating group) is 1. The Morgan fingerprint density at radius 2 is 1.76 bits per heavy atom. The van der Waals surface area contributed by atoms with E-state index in [1.54, 1.807) is 7.05 Å². The van der Waals surface area contributed by atoms with Gasteiger partial charge in [0.05, 0.1) is 43.9 Å². The van der Waals surface area contributed by atoms with E-state index in [9.17, 15) is 20.4 Å². The average molecular weight is 606 g/mol. The molecule has 3 fully saturated rings. The molecule has 13 atom stereocenters. The van der Waals surface area contributed by atoms with Crippen LogP contribution in [0.25, 0.3) is 0 Å². The van der Waals surface area contributed by atoms with Crippen LogP contribution in [0, 0.1) is 0 Å². The van der Waals surface area contributed by atoms with E-state index in [1.165, 1.54) is 6.92 Å². The summed E-state index contributed by atoms with van der Waals surface area (Å²) < 4.78 is 24.0. The molecule has 2 heterocycles. The molecule has 0 aromatic heterocycles. The quantitative estimate of drug-likeness (QED) is 0.0730. The summed E-state index contributed by atoms with van der Waals surface area (Å²) >= 11 is 0. The SMILES string of the molecule is CNC1C(O)C(OC2C(N=C(N)C(O)CCN)CC(N)C(OC3OC(CN=C(N)CN)CCC3N)C2O)OCC1(C)O. The predicted molar refractivity (Wildman–Crippen MR) is 154 cm³/mol. The van der Waals surface area contributed by atoms with E-state index in [2.05, 4.69) is 15.3 Å². The van der Waals surface area contributed by atoms with Crippen molar-refractivity contribution < 1.29 is 39.4 Å². The van der Waals surface area contributed by atoms with Crippen LogP contribution in [0.2, 0.25) is 0 Å². The third-order valence-electron chi connectivity index (χ3n) is 8.01. The fourth-order valence-electron chi connectivity index (χ4n) is 5.58. The Kier molecular flexibility index (Phi) is 12.8. The Morgan fingerprint density at radius 3 is 2.40 bits per heavy atom. The monoisotopic (exact) mass is 605 g/mol. The summed E-state index contributed by atoms with van der Waals surface area (Å²) in [5.74, 6) is 0.198. The molecule has 17 N–H and O–H groups in total. The fraction of sp³-hybridized carbons (Fsp3) is 0.920. The molecule has 1 aliphatic carbocycles. The summed E-state index contributed by atoms with van der Waals surface area (Å²) in [6, 6.07) is -2.92. The number of aliphatic hydroxyl groups is 4. The third kappa shape index (κ3) is 8.53. The molecule has 0 aromatic carbocycles. The summed E-state index contributed by atoms with van der Waals surface area (Å²) in [6.45, 7) is 1.95. The Hall–Kier alpha value is -1.58. The van der Waals surface area contributed by atoms with Gasteiger partial charge in [-0.1, -0.05) is 0 Å². The second-order valence-corrected chi connectivity index (χ2v) is 11.5. The normalized spacial score (nSPS) is 42.9. The Bertz CT molecular complexity index is 915. The first-order valence-corrected chi connectivity index (χ1v) is 14.4. The number of nitrogens with two attached hydrogens (primary N) is 6. The van der Waals surface area contributed by atoms with Gasteiger partial charge in [-0.15, -0.1) is 0 Å². The summed E-state index contributed by atoms with van der Waals surface area (Å²) in [6.07, 6.45) is -7.01. The number of hydrogen-bond acceptors (Lipinski definition) is 15. The molecule has 3 rings (SSSR count). The highest BCUT2D eigenvalue weighted by Crippen LogP contribution is 2.33. The molecular formula is C25H51N9O8. The van der Waals surface area contributed by atoms with Gasteiger partial charge in [-0.3, -0.25) is 9.98 Å². The summed E-state index contributed by atoms with van der Waals surface area (Å²) in [4.78, 5) is 8.64. The van der Waals surface area contributed by atoms with Gasteiger partial charge in [0.15, 0.2) is 12.6 Å². The van der Waals surface area contributed by atoms with Crippen LogP contribution in [0.1, 0.15) is 32.6 Å². The van der Waals surface area contributed by atoms with Crippen LogP contribution in [-0.4, -0.2) is 144 Å². The lowest BCUT2D eigenvalue weighted by Crippen LogP contribution is -2.67. The van der Waals surface area contributed by atoms with Crippen molar-refractivity contribution in [3.05, 3.63) is 0 Å². The van der Waals surface area contributed by atoms with Crippen LogP contribution >= 0.6 is 0 Å². The maximum Gasteiger partial charge on any atom is 0.185 e. The number of aliphatic hydroxyl groups excluding tert-OH is 3. The van der Waals surface area contributed by atoms with Crippen LogP contribution in [0.3, 0.4) is 0 Å². The number of amidine groups is 2. The molecule has 17 nitrogen and oxygen atoms in total. The first-order valence-electron chi connectivity index (χ1n) is 14.4. The highest BCUT2D eigenvalue weighted by molar-refractivity contribution is 5.84. The standard InChI is InChI=1S/C25H51N9O8/c1-25(38)10-39-24(18(37)21(25)32-2)42-20-14(34-22(31)15(35)5-6-26)7-13(29)19(17(20)36)41-23-12(28)4-3-11(40-23)9-33-16(30)8-27/h11-15,17-21,23-24,32,35-38H,3-10,26-29H2,1-2H3,(H2,30,33)(H2,31,34). The molecule has 17 heteroatoms. The molecule has 244 valence electrons. The molecule has 0 spiro atoms. The van der Waals surface area contributed by atoms with Gasteiger partial charge in [0.2, 0.25) is 0 Å². The third-order valence-corrected chi connectivity index (χ3v) is 8.01. The van der Waals surface area contributed by atoms with E-state index in [1.807, 2.05) is 0 Å². The van der Waals surface area contributed by atoms with Gasteiger partial charge >= 0.3 is 0 Å². The molecule has 0 bridgehead atoms. The Labute approximate surface area is 245 Å². The first kappa shape index (κ1) is 34.9. The zero-order chi connectivity index (χ0) is 31.2. The van der Waals surface area contributed by atoms with E-state index in [0.29, 0.717) is 18.7 Å². The highest BCUT2D eigenvalue weighted by atomic mass is 16.7. The molecular weight excluding hydrogens is 554 g/mol.